The Balaban J connectivity index is 1.72. The summed E-state index contributed by atoms with van der Waals surface area (Å²) < 4.78 is 16.4. The number of fused-ring (bicyclic) bond motifs is 1. The van der Waals surface area contributed by atoms with Crippen molar-refractivity contribution in [2.45, 2.75) is 6.61 Å². The summed E-state index contributed by atoms with van der Waals surface area (Å²) >= 11 is 6.44. The second-order valence-electron chi connectivity index (χ2n) is 6.67. The summed E-state index contributed by atoms with van der Waals surface area (Å²) in [5.41, 5.74) is 1.76. The number of non-ortho nitro benzene ring substituents is 1. The molecule has 0 bridgehead atoms. The van der Waals surface area contributed by atoms with E-state index in [1.807, 2.05) is 30.3 Å². The number of nitrogens with zero attached hydrogens (tertiary/aromatic N) is 1. The Kier molecular flexibility index (Phi) is 5.60. The van der Waals surface area contributed by atoms with Crippen LogP contribution in [0.15, 0.2) is 75.9 Å². The van der Waals surface area contributed by atoms with Crippen molar-refractivity contribution >= 4 is 28.3 Å². The largest absolute Gasteiger partial charge is 0.496 e. The van der Waals surface area contributed by atoms with Crippen molar-refractivity contribution in [3.8, 4) is 22.6 Å². The maximum Gasteiger partial charge on any atom is 0.336 e. The molecular weight excluding hydrogens is 422 g/mol. The van der Waals surface area contributed by atoms with Gasteiger partial charge in [-0.1, -0.05) is 41.9 Å². The van der Waals surface area contributed by atoms with Crippen LogP contribution in [-0.2, 0) is 6.61 Å². The minimum absolute atomic E-state index is 0.0291. The van der Waals surface area contributed by atoms with Gasteiger partial charge >= 0.3 is 5.63 Å². The first-order valence-electron chi connectivity index (χ1n) is 9.23. The van der Waals surface area contributed by atoms with E-state index in [9.17, 15) is 14.9 Å². The highest BCUT2D eigenvalue weighted by molar-refractivity contribution is 6.33. The van der Waals surface area contributed by atoms with Gasteiger partial charge in [0.2, 0.25) is 0 Å². The molecule has 0 aliphatic heterocycles. The normalized spacial score (nSPS) is 10.8. The molecule has 156 valence electrons. The quantitative estimate of drug-likeness (QED) is 0.221. The van der Waals surface area contributed by atoms with Crippen LogP contribution in [0.3, 0.4) is 0 Å². The van der Waals surface area contributed by atoms with Gasteiger partial charge in [0.25, 0.3) is 5.69 Å². The topological polar surface area (TPSA) is 91.8 Å². The van der Waals surface area contributed by atoms with E-state index < -0.39 is 10.5 Å². The van der Waals surface area contributed by atoms with Crippen LogP contribution in [0, 0.1) is 10.1 Å². The van der Waals surface area contributed by atoms with Gasteiger partial charge in [0.15, 0.2) is 0 Å². The third kappa shape index (κ3) is 4.22. The first-order valence-corrected chi connectivity index (χ1v) is 9.61. The van der Waals surface area contributed by atoms with Gasteiger partial charge in [-0.15, -0.1) is 0 Å². The lowest BCUT2D eigenvalue weighted by Crippen LogP contribution is -2.02. The minimum Gasteiger partial charge on any atom is -0.496 e. The van der Waals surface area contributed by atoms with Crippen LogP contribution in [-0.4, -0.2) is 12.0 Å². The molecule has 0 N–H and O–H groups in total. The molecule has 0 amide bonds. The lowest BCUT2D eigenvalue weighted by Gasteiger charge is -2.13. The van der Waals surface area contributed by atoms with Gasteiger partial charge in [-0.2, -0.15) is 0 Å². The molecule has 0 aliphatic rings. The van der Waals surface area contributed by atoms with E-state index in [1.54, 1.807) is 6.07 Å². The van der Waals surface area contributed by atoms with Crippen LogP contribution in [0.25, 0.3) is 22.1 Å². The van der Waals surface area contributed by atoms with Gasteiger partial charge in [0, 0.05) is 35.2 Å². The van der Waals surface area contributed by atoms with Crippen molar-refractivity contribution in [2.75, 3.05) is 7.11 Å². The number of hydrogen-bond donors (Lipinski definition) is 0. The predicted molar refractivity (Wildman–Crippen MR) is 117 cm³/mol. The van der Waals surface area contributed by atoms with Gasteiger partial charge in [-0.3, -0.25) is 10.1 Å². The van der Waals surface area contributed by atoms with Gasteiger partial charge in [-0.25, -0.2) is 4.79 Å². The molecular formula is C23H16ClNO6. The maximum atomic E-state index is 12.1. The summed E-state index contributed by atoms with van der Waals surface area (Å²) in [6, 6.07) is 18.3. The van der Waals surface area contributed by atoms with Crippen LogP contribution in [0.4, 0.5) is 5.69 Å². The molecule has 0 atom stereocenters. The molecule has 4 rings (SSSR count). The molecule has 3 aromatic carbocycles. The number of methoxy groups -OCH3 is 1. The van der Waals surface area contributed by atoms with E-state index in [1.165, 1.54) is 37.4 Å². The second-order valence-corrected chi connectivity index (χ2v) is 7.07. The zero-order chi connectivity index (χ0) is 22.0. The number of hydrogen-bond acceptors (Lipinski definition) is 6. The molecule has 8 heteroatoms. The Morgan fingerprint density at radius 1 is 1.03 bits per heavy atom. The Morgan fingerprint density at radius 2 is 1.81 bits per heavy atom. The summed E-state index contributed by atoms with van der Waals surface area (Å²) in [7, 11) is 1.47. The van der Waals surface area contributed by atoms with Gasteiger partial charge in [0.1, 0.15) is 23.7 Å². The summed E-state index contributed by atoms with van der Waals surface area (Å²) in [5.74, 6) is 0.719. The molecule has 0 fully saturated rings. The minimum atomic E-state index is -0.500. The van der Waals surface area contributed by atoms with Gasteiger partial charge in [-0.05, 0) is 23.3 Å². The number of rotatable bonds is 6. The fourth-order valence-electron chi connectivity index (χ4n) is 3.28. The number of halogens is 1. The van der Waals surface area contributed by atoms with Crippen molar-refractivity contribution in [3.05, 3.63) is 97.9 Å². The first-order chi connectivity index (χ1) is 15.0. The molecule has 1 heterocycles. The van der Waals surface area contributed by atoms with Crippen molar-refractivity contribution in [3.63, 3.8) is 0 Å². The molecule has 0 aliphatic carbocycles. The van der Waals surface area contributed by atoms with Crippen molar-refractivity contribution in [1.29, 1.82) is 0 Å². The predicted octanol–water partition coefficient (Wildman–Crippen LogP) is 5.61. The molecule has 0 saturated heterocycles. The first kappa shape index (κ1) is 20.4. The lowest BCUT2D eigenvalue weighted by atomic mass is 10.0. The van der Waals surface area contributed by atoms with E-state index in [4.69, 9.17) is 25.5 Å². The zero-order valence-corrected chi connectivity index (χ0v) is 17.1. The van der Waals surface area contributed by atoms with E-state index in [0.717, 1.165) is 5.56 Å². The standard InChI is InChI=1S/C23H16ClNO6/c1-29-20-8-7-16(25(27)28)9-15(20)13-30-22-12-21-18(10-19(22)24)17(11-23(26)31-21)14-5-3-2-4-6-14/h2-12H,13H2,1H3. The van der Waals surface area contributed by atoms with Crippen LogP contribution >= 0.6 is 11.6 Å². The molecule has 0 saturated carbocycles. The average molecular weight is 438 g/mol. The van der Waals surface area contributed by atoms with Crippen LogP contribution in [0.2, 0.25) is 5.02 Å². The smallest absolute Gasteiger partial charge is 0.336 e. The third-order valence-corrected chi connectivity index (χ3v) is 5.04. The maximum absolute atomic E-state index is 12.1. The summed E-state index contributed by atoms with van der Waals surface area (Å²) in [4.78, 5) is 22.7. The Bertz CT molecular complexity index is 1330. The number of benzene rings is 3. The molecule has 31 heavy (non-hydrogen) atoms. The van der Waals surface area contributed by atoms with Gasteiger partial charge in [0.05, 0.1) is 17.1 Å². The van der Waals surface area contributed by atoms with Crippen LogP contribution < -0.4 is 15.1 Å². The highest BCUT2D eigenvalue weighted by Crippen LogP contribution is 2.35. The molecule has 0 spiro atoms. The fraction of sp³-hybridized carbons (Fsp3) is 0.0870. The van der Waals surface area contributed by atoms with E-state index in [-0.39, 0.29) is 18.0 Å². The SMILES string of the molecule is COc1ccc([N+](=O)[O-])cc1COc1cc2oc(=O)cc(-c3ccccc3)c2cc1Cl. The number of ether oxygens (including phenoxy) is 2. The van der Waals surface area contributed by atoms with Crippen molar-refractivity contribution in [2.24, 2.45) is 0 Å². The molecule has 0 radical (unpaired) electrons. The fourth-order valence-corrected chi connectivity index (χ4v) is 3.50. The highest BCUT2D eigenvalue weighted by Gasteiger charge is 2.15. The number of nitro benzene ring substituents is 1. The van der Waals surface area contributed by atoms with E-state index in [0.29, 0.717) is 32.9 Å². The van der Waals surface area contributed by atoms with Crippen molar-refractivity contribution < 1.29 is 18.8 Å². The summed E-state index contributed by atoms with van der Waals surface area (Å²) in [6.07, 6.45) is 0. The molecule has 0 unspecified atom stereocenters. The van der Waals surface area contributed by atoms with Crippen LogP contribution in [0.5, 0.6) is 11.5 Å². The summed E-state index contributed by atoms with van der Waals surface area (Å²) in [6.45, 7) is -0.0291. The second kappa shape index (κ2) is 8.49. The molecule has 1 aromatic heterocycles. The molecule has 7 nitrogen and oxygen atoms in total. The summed E-state index contributed by atoms with van der Waals surface area (Å²) in [5, 5.41) is 12.0. The van der Waals surface area contributed by atoms with E-state index >= 15 is 0 Å². The Morgan fingerprint density at radius 3 is 2.52 bits per heavy atom. The monoisotopic (exact) mass is 437 g/mol. The van der Waals surface area contributed by atoms with Gasteiger partial charge < -0.3 is 13.9 Å². The van der Waals surface area contributed by atoms with Crippen LogP contribution in [0.1, 0.15) is 5.56 Å². The van der Waals surface area contributed by atoms with E-state index in [2.05, 4.69) is 0 Å². The Labute approximate surface area is 181 Å². The third-order valence-electron chi connectivity index (χ3n) is 4.74. The average Bonchev–Trinajstić information content (AvgIpc) is 2.77. The zero-order valence-electron chi connectivity index (χ0n) is 16.3. The lowest BCUT2D eigenvalue weighted by molar-refractivity contribution is -0.385. The highest BCUT2D eigenvalue weighted by atomic mass is 35.5. The number of nitro groups is 1. The van der Waals surface area contributed by atoms with Crippen molar-refractivity contribution in [1.82, 2.24) is 0 Å². The molecule has 4 aromatic rings. The Hall–Kier alpha value is -3.84.